The molecular formula is C27H37ClN5O7P. The number of aromatic nitrogens is 2. The van der Waals surface area contributed by atoms with Gasteiger partial charge in [-0.2, -0.15) is 0 Å². The van der Waals surface area contributed by atoms with Gasteiger partial charge in [-0.05, 0) is 20.3 Å². The molecule has 0 unspecified atom stereocenters. The monoisotopic (exact) mass is 609 g/mol. The van der Waals surface area contributed by atoms with Crippen molar-refractivity contribution in [3.63, 3.8) is 0 Å². The molecule has 1 aromatic heterocycles. The Labute approximate surface area is 245 Å². The summed E-state index contributed by atoms with van der Waals surface area (Å²) in [6, 6.07) is 9.03. The van der Waals surface area contributed by atoms with Gasteiger partial charge in [0.2, 0.25) is 5.91 Å². The van der Waals surface area contributed by atoms with Crippen LogP contribution in [0.1, 0.15) is 44.1 Å². The average molecular weight is 610 g/mol. The van der Waals surface area contributed by atoms with E-state index in [0.29, 0.717) is 12.2 Å². The van der Waals surface area contributed by atoms with E-state index in [-0.39, 0.29) is 62.2 Å². The highest BCUT2D eigenvalue weighted by Gasteiger charge is 2.37. The van der Waals surface area contributed by atoms with E-state index in [9.17, 15) is 18.9 Å². The highest BCUT2D eigenvalue weighted by atomic mass is 35.5. The Balaban J connectivity index is 1.79. The van der Waals surface area contributed by atoms with Crippen LogP contribution >= 0.6 is 19.2 Å². The smallest absolute Gasteiger partial charge is 0.409 e. The molecule has 1 N–H and O–H groups in total. The lowest BCUT2D eigenvalue weighted by Crippen LogP contribution is -2.57. The average Bonchev–Trinajstić information content (AvgIpc) is 2.97. The van der Waals surface area contributed by atoms with Crippen LogP contribution in [0.25, 0.3) is 11.4 Å². The van der Waals surface area contributed by atoms with Crippen molar-refractivity contribution in [2.75, 3.05) is 52.2 Å². The summed E-state index contributed by atoms with van der Waals surface area (Å²) in [6.45, 7) is 6.78. The van der Waals surface area contributed by atoms with Crippen molar-refractivity contribution in [1.82, 2.24) is 25.1 Å². The molecule has 1 aliphatic rings. The van der Waals surface area contributed by atoms with Crippen molar-refractivity contribution in [3.05, 3.63) is 47.2 Å². The van der Waals surface area contributed by atoms with E-state index in [0.717, 1.165) is 12.8 Å². The quantitative estimate of drug-likeness (QED) is 0.200. The first-order chi connectivity index (χ1) is 19.7. The van der Waals surface area contributed by atoms with E-state index < -0.39 is 31.5 Å². The van der Waals surface area contributed by atoms with Crippen molar-refractivity contribution >= 4 is 37.1 Å². The first kappa shape index (κ1) is 32.5. The summed E-state index contributed by atoms with van der Waals surface area (Å²) < 4.78 is 29.5. The largest absolute Gasteiger partial charge is 0.449 e. The SMILES string of the molecule is CCCCOC(=O)N1CCN(C(=O)[C@H](CP(=O)(OCC)OCC)NC(=O)c2cc(Cl)nc(-c3ccccc3)n2)CC1. The highest BCUT2D eigenvalue weighted by Crippen LogP contribution is 2.48. The van der Waals surface area contributed by atoms with Crippen LogP contribution in [-0.4, -0.2) is 95.9 Å². The Kier molecular flexibility index (Phi) is 12.5. The van der Waals surface area contributed by atoms with Gasteiger partial charge in [0, 0.05) is 37.8 Å². The van der Waals surface area contributed by atoms with Gasteiger partial charge in [-0.3, -0.25) is 14.2 Å². The summed E-state index contributed by atoms with van der Waals surface area (Å²) in [4.78, 5) is 51.0. The van der Waals surface area contributed by atoms with E-state index in [2.05, 4.69) is 15.3 Å². The first-order valence-corrected chi connectivity index (χ1v) is 15.8. The van der Waals surface area contributed by atoms with E-state index in [4.69, 9.17) is 25.4 Å². The topological polar surface area (TPSA) is 140 Å². The van der Waals surface area contributed by atoms with Crippen LogP contribution in [0.2, 0.25) is 5.15 Å². The lowest BCUT2D eigenvalue weighted by atomic mass is 10.2. The van der Waals surface area contributed by atoms with Gasteiger partial charge in [-0.25, -0.2) is 14.8 Å². The molecule has 1 atom stereocenters. The highest BCUT2D eigenvalue weighted by molar-refractivity contribution is 7.54. The molecule has 3 rings (SSSR count). The third kappa shape index (κ3) is 9.49. The maximum Gasteiger partial charge on any atom is 0.409 e. The number of halogens is 1. The number of carbonyl (C=O) groups excluding carboxylic acids is 3. The van der Waals surface area contributed by atoms with Crippen molar-refractivity contribution in [3.8, 4) is 11.4 Å². The van der Waals surface area contributed by atoms with Crippen LogP contribution in [0, 0.1) is 0 Å². The molecule has 2 heterocycles. The van der Waals surface area contributed by atoms with Crippen LogP contribution in [-0.2, 0) is 23.1 Å². The maximum atomic E-state index is 13.7. The zero-order valence-electron chi connectivity index (χ0n) is 23.6. The van der Waals surface area contributed by atoms with Gasteiger partial charge in [0.25, 0.3) is 5.91 Å². The van der Waals surface area contributed by atoms with E-state index in [1.165, 1.54) is 15.9 Å². The second-order valence-electron chi connectivity index (χ2n) is 9.20. The zero-order chi connectivity index (χ0) is 29.8. The van der Waals surface area contributed by atoms with Gasteiger partial charge in [0.05, 0.1) is 26.0 Å². The number of hydrogen-bond donors (Lipinski definition) is 1. The molecule has 224 valence electrons. The Morgan fingerprint density at radius 3 is 2.24 bits per heavy atom. The Morgan fingerprint density at radius 1 is 1.00 bits per heavy atom. The molecule has 0 aliphatic carbocycles. The molecular weight excluding hydrogens is 573 g/mol. The minimum atomic E-state index is -3.74. The summed E-state index contributed by atoms with van der Waals surface area (Å²) in [7, 11) is -3.74. The number of piperazine rings is 1. The summed E-state index contributed by atoms with van der Waals surface area (Å²) >= 11 is 6.20. The molecule has 14 heteroatoms. The molecule has 0 spiro atoms. The van der Waals surface area contributed by atoms with Crippen LogP contribution < -0.4 is 5.32 Å². The lowest BCUT2D eigenvalue weighted by molar-refractivity contribution is -0.134. The summed E-state index contributed by atoms with van der Waals surface area (Å²) in [5, 5.41) is 2.71. The second kappa shape index (κ2) is 15.8. The standard InChI is InChI=1S/C27H37ClN5O7P/c1-4-7-17-38-27(36)33-15-13-32(14-16-33)26(35)22(19-41(37,39-5-2)40-6-3)30-25(34)21-18-23(28)31-24(29-21)20-11-9-8-10-12-20/h8-12,18,22H,4-7,13-17,19H2,1-3H3,(H,30,34)/t22-/m0/s1. The van der Waals surface area contributed by atoms with Crippen molar-refractivity contribution in [2.24, 2.45) is 0 Å². The van der Waals surface area contributed by atoms with Crippen LogP contribution in [0.3, 0.4) is 0 Å². The predicted octanol–water partition coefficient (Wildman–Crippen LogP) is 4.24. The minimum absolute atomic E-state index is 0.0446. The summed E-state index contributed by atoms with van der Waals surface area (Å²) in [6.07, 6.45) is 0.867. The van der Waals surface area contributed by atoms with Gasteiger partial charge in [-0.15, -0.1) is 0 Å². The van der Waals surface area contributed by atoms with Gasteiger partial charge < -0.3 is 28.9 Å². The van der Waals surface area contributed by atoms with Crippen LogP contribution in [0.4, 0.5) is 4.79 Å². The Bertz CT molecular complexity index is 1220. The lowest BCUT2D eigenvalue weighted by Gasteiger charge is -2.36. The molecule has 1 aromatic carbocycles. The molecule has 12 nitrogen and oxygen atoms in total. The Morgan fingerprint density at radius 2 is 1.63 bits per heavy atom. The number of benzene rings is 1. The van der Waals surface area contributed by atoms with Crippen molar-refractivity contribution in [1.29, 1.82) is 0 Å². The molecule has 0 radical (unpaired) electrons. The number of unbranched alkanes of at least 4 members (excludes halogenated alkanes) is 1. The molecule has 1 fully saturated rings. The third-order valence-corrected chi connectivity index (χ3v) is 8.50. The number of hydrogen-bond acceptors (Lipinski definition) is 9. The number of ether oxygens (including phenoxy) is 1. The van der Waals surface area contributed by atoms with E-state index in [1.54, 1.807) is 38.1 Å². The normalized spacial score (nSPS) is 14.4. The van der Waals surface area contributed by atoms with E-state index in [1.807, 2.05) is 13.0 Å². The number of nitrogens with zero attached hydrogens (tertiary/aromatic N) is 4. The predicted molar refractivity (Wildman–Crippen MR) is 154 cm³/mol. The zero-order valence-corrected chi connectivity index (χ0v) is 25.2. The number of carbonyl (C=O) groups is 3. The minimum Gasteiger partial charge on any atom is -0.449 e. The maximum absolute atomic E-state index is 13.7. The fraction of sp³-hybridized carbons (Fsp3) is 0.519. The van der Waals surface area contributed by atoms with Crippen molar-refractivity contribution in [2.45, 2.75) is 39.7 Å². The molecule has 0 bridgehead atoms. The fourth-order valence-electron chi connectivity index (χ4n) is 4.15. The van der Waals surface area contributed by atoms with Gasteiger partial charge in [0.15, 0.2) is 5.82 Å². The molecule has 0 saturated carbocycles. The summed E-state index contributed by atoms with van der Waals surface area (Å²) in [5.74, 6) is -0.953. The molecule has 1 aliphatic heterocycles. The van der Waals surface area contributed by atoms with Gasteiger partial charge in [-0.1, -0.05) is 55.3 Å². The van der Waals surface area contributed by atoms with Crippen LogP contribution in [0.5, 0.6) is 0 Å². The summed E-state index contributed by atoms with van der Waals surface area (Å²) in [5.41, 5.74) is 0.587. The van der Waals surface area contributed by atoms with Crippen LogP contribution in [0.15, 0.2) is 36.4 Å². The first-order valence-electron chi connectivity index (χ1n) is 13.7. The van der Waals surface area contributed by atoms with Crippen molar-refractivity contribution < 1.29 is 32.7 Å². The molecule has 41 heavy (non-hydrogen) atoms. The molecule has 1 saturated heterocycles. The third-order valence-electron chi connectivity index (χ3n) is 6.19. The number of rotatable bonds is 13. The van der Waals surface area contributed by atoms with Gasteiger partial charge >= 0.3 is 13.7 Å². The Hall–Kier alpha value is -3.05. The second-order valence-corrected chi connectivity index (χ2v) is 11.7. The molecule has 3 amide bonds. The fourth-order valence-corrected chi connectivity index (χ4v) is 6.10. The van der Waals surface area contributed by atoms with E-state index >= 15 is 0 Å². The van der Waals surface area contributed by atoms with Gasteiger partial charge in [0.1, 0.15) is 16.9 Å². The molecule has 2 aromatic rings. The number of nitrogens with one attached hydrogen (secondary N) is 1. The number of amides is 3.